The van der Waals surface area contributed by atoms with Gasteiger partial charge in [0.05, 0.1) is 26.0 Å². The van der Waals surface area contributed by atoms with Crippen LogP contribution in [0.1, 0.15) is 47.5 Å². The summed E-state index contributed by atoms with van der Waals surface area (Å²) in [6.07, 6.45) is 0.773. The highest BCUT2D eigenvalue weighted by Gasteiger charge is 2.35. The van der Waals surface area contributed by atoms with Gasteiger partial charge in [-0.1, -0.05) is 18.2 Å². The molecular formula is C29H31N3O8. The van der Waals surface area contributed by atoms with E-state index < -0.39 is 29.0 Å². The third-order valence-electron chi connectivity index (χ3n) is 7.49. The summed E-state index contributed by atoms with van der Waals surface area (Å²) in [4.78, 5) is 50.9. The second kappa shape index (κ2) is 11.4. The Hall–Kier alpha value is -4.38. The second-order valence-electron chi connectivity index (χ2n) is 10.3. The summed E-state index contributed by atoms with van der Waals surface area (Å²) in [7, 11) is 1.25. The minimum atomic E-state index is -0.864. The van der Waals surface area contributed by atoms with Gasteiger partial charge in [0.15, 0.2) is 12.4 Å². The van der Waals surface area contributed by atoms with Crippen LogP contribution in [0.5, 0.6) is 11.5 Å². The van der Waals surface area contributed by atoms with E-state index in [1.165, 1.54) is 13.2 Å². The number of hydrogen-bond acceptors (Lipinski definition) is 9. The molecule has 0 aliphatic carbocycles. The molecule has 0 unspecified atom stereocenters. The topological polar surface area (TPSA) is 154 Å². The van der Waals surface area contributed by atoms with Crippen molar-refractivity contribution in [2.45, 2.75) is 37.8 Å². The molecule has 1 saturated heterocycles. The number of carbonyl (C=O) groups is 2. The fraction of sp³-hybridized carbons (Fsp3) is 0.379. The molecule has 2 aromatic heterocycles. The van der Waals surface area contributed by atoms with Crippen molar-refractivity contribution in [1.29, 1.82) is 0 Å². The van der Waals surface area contributed by atoms with Crippen molar-refractivity contribution < 1.29 is 28.6 Å². The Kier molecular flexibility index (Phi) is 7.74. The van der Waals surface area contributed by atoms with Crippen molar-refractivity contribution >= 4 is 11.9 Å². The standard InChI is InChI=1S/C29H31N3O8/c1-38-27(36)11-22(18-4-2-5-20(9-18)39-16-25(30)34)29-28(37)24(33)10-21(40-29)15-31-12-17-8-19(14-31)23-6-3-7-26(35)32(23)13-17/h2-7,9-10,17,19,22,37H,8,11-16H2,1H3,(H2,30,34)/t17-,19+,22+/m0/s1. The number of primary amides is 1. The van der Waals surface area contributed by atoms with Gasteiger partial charge in [-0.3, -0.25) is 24.1 Å². The van der Waals surface area contributed by atoms with Gasteiger partial charge in [-0.15, -0.1) is 0 Å². The molecule has 2 aliphatic rings. The lowest BCUT2D eigenvalue weighted by Crippen LogP contribution is -2.46. The van der Waals surface area contributed by atoms with Crippen molar-refractivity contribution in [3.63, 3.8) is 0 Å². The van der Waals surface area contributed by atoms with Crippen molar-refractivity contribution in [2.75, 3.05) is 26.8 Å². The van der Waals surface area contributed by atoms with Crippen LogP contribution >= 0.6 is 0 Å². The first kappa shape index (κ1) is 27.2. The SMILES string of the molecule is COC(=O)C[C@H](c1cccc(OCC(N)=O)c1)c1oc(CN2C[C@@H]3C[C@H](C2)c2cccc(=O)n2C3)cc(=O)c1O. The predicted octanol–water partition coefficient (Wildman–Crippen LogP) is 1.69. The number of nitrogens with zero attached hydrogens (tertiary/aromatic N) is 2. The Labute approximate surface area is 229 Å². The molecule has 11 nitrogen and oxygen atoms in total. The minimum Gasteiger partial charge on any atom is -0.502 e. The van der Waals surface area contributed by atoms with Crippen molar-refractivity contribution in [1.82, 2.24) is 9.47 Å². The molecule has 5 rings (SSSR count). The molecule has 3 aromatic rings. The molecule has 3 atom stereocenters. The predicted molar refractivity (Wildman–Crippen MR) is 143 cm³/mol. The molecule has 4 heterocycles. The summed E-state index contributed by atoms with van der Waals surface area (Å²) in [6, 6.07) is 13.2. The summed E-state index contributed by atoms with van der Waals surface area (Å²) in [5.74, 6) is -1.60. The molecule has 3 N–H and O–H groups in total. The van der Waals surface area contributed by atoms with Gasteiger partial charge in [0.25, 0.3) is 11.5 Å². The van der Waals surface area contributed by atoms with E-state index in [0.717, 1.165) is 18.7 Å². The van der Waals surface area contributed by atoms with Crippen LogP contribution in [0.3, 0.4) is 0 Å². The van der Waals surface area contributed by atoms with Crippen LogP contribution < -0.4 is 21.5 Å². The molecule has 1 amide bonds. The average Bonchev–Trinajstić information content (AvgIpc) is 2.93. The van der Waals surface area contributed by atoms with Gasteiger partial charge in [-0.25, -0.2) is 0 Å². The van der Waals surface area contributed by atoms with E-state index in [0.29, 0.717) is 36.7 Å². The van der Waals surface area contributed by atoms with Crippen LogP contribution in [0.4, 0.5) is 0 Å². The average molecular weight is 550 g/mol. The lowest BCUT2D eigenvalue weighted by molar-refractivity contribution is -0.141. The van der Waals surface area contributed by atoms with Crippen LogP contribution in [0, 0.1) is 5.92 Å². The number of methoxy groups -OCH3 is 1. The number of ether oxygens (including phenoxy) is 2. The number of amides is 1. The first-order valence-corrected chi connectivity index (χ1v) is 13.1. The number of aromatic nitrogens is 1. The van der Waals surface area contributed by atoms with E-state index >= 15 is 0 Å². The number of likely N-dealkylation sites (tertiary alicyclic amines) is 1. The number of piperidine rings is 1. The lowest BCUT2D eigenvalue weighted by atomic mass is 9.83. The maximum absolute atomic E-state index is 12.9. The third kappa shape index (κ3) is 5.79. The maximum Gasteiger partial charge on any atom is 0.306 e. The Morgan fingerprint density at radius 3 is 2.70 bits per heavy atom. The number of esters is 1. The van der Waals surface area contributed by atoms with Crippen LogP contribution in [0.2, 0.25) is 0 Å². The zero-order valence-corrected chi connectivity index (χ0v) is 22.1. The molecule has 11 heteroatoms. The number of hydrogen-bond donors (Lipinski definition) is 2. The van der Waals surface area contributed by atoms with Crippen LogP contribution in [-0.2, 0) is 27.4 Å². The summed E-state index contributed by atoms with van der Waals surface area (Å²) < 4.78 is 18.3. The summed E-state index contributed by atoms with van der Waals surface area (Å²) in [5, 5.41) is 10.8. The van der Waals surface area contributed by atoms with Gasteiger partial charge in [-0.05, 0) is 36.1 Å². The lowest BCUT2D eigenvalue weighted by Gasteiger charge is -2.42. The van der Waals surface area contributed by atoms with Crippen molar-refractivity contribution in [3.05, 3.63) is 91.9 Å². The highest BCUT2D eigenvalue weighted by atomic mass is 16.5. The molecule has 40 heavy (non-hydrogen) atoms. The number of aromatic hydroxyl groups is 1. The number of benzene rings is 1. The van der Waals surface area contributed by atoms with E-state index in [2.05, 4.69) is 4.90 Å². The minimum absolute atomic E-state index is 0.00978. The smallest absolute Gasteiger partial charge is 0.306 e. The van der Waals surface area contributed by atoms with E-state index in [9.17, 15) is 24.3 Å². The highest BCUT2D eigenvalue weighted by molar-refractivity contribution is 5.75. The van der Waals surface area contributed by atoms with Crippen LogP contribution in [0.25, 0.3) is 0 Å². The fourth-order valence-corrected chi connectivity index (χ4v) is 5.80. The van der Waals surface area contributed by atoms with Gasteiger partial charge in [-0.2, -0.15) is 0 Å². The first-order chi connectivity index (χ1) is 19.2. The number of pyridine rings is 1. The second-order valence-corrected chi connectivity index (χ2v) is 10.3. The van der Waals surface area contributed by atoms with E-state index in [1.807, 2.05) is 10.6 Å². The van der Waals surface area contributed by atoms with Gasteiger partial charge in [0, 0.05) is 43.4 Å². The number of fused-ring (bicyclic) bond motifs is 4. The van der Waals surface area contributed by atoms with E-state index in [-0.39, 0.29) is 36.2 Å². The first-order valence-electron chi connectivity index (χ1n) is 13.1. The Morgan fingerprint density at radius 1 is 1.12 bits per heavy atom. The van der Waals surface area contributed by atoms with Gasteiger partial charge in [0.1, 0.15) is 11.5 Å². The summed E-state index contributed by atoms with van der Waals surface area (Å²) in [6.45, 7) is 2.03. The van der Waals surface area contributed by atoms with Gasteiger partial charge < -0.3 is 29.3 Å². The molecular weight excluding hydrogens is 518 g/mol. The molecule has 1 fully saturated rings. The Balaban J connectivity index is 1.44. The molecule has 0 spiro atoms. The number of carbonyl (C=O) groups excluding carboxylic acids is 2. The zero-order valence-electron chi connectivity index (χ0n) is 22.1. The normalized spacial score (nSPS) is 18.9. The quantitative estimate of drug-likeness (QED) is 0.380. The van der Waals surface area contributed by atoms with Gasteiger partial charge >= 0.3 is 5.97 Å². The summed E-state index contributed by atoms with van der Waals surface area (Å²) in [5.41, 5.74) is 6.09. The molecule has 210 valence electrons. The van der Waals surface area contributed by atoms with Gasteiger partial charge in [0.2, 0.25) is 11.2 Å². The number of nitrogens with two attached hydrogens (primary N) is 1. The van der Waals surface area contributed by atoms with Crippen molar-refractivity contribution in [2.24, 2.45) is 11.7 Å². The monoisotopic (exact) mass is 549 g/mol. The molecule has 0 saturated carbocycles. The van der Waals surface area contributed by atoms with E-state index in [1.54, 1.807) is 36.4 Å². The summed E-state index contributed by atoms with van der Waals surface area (Å²) >= 11 is 0. The highest BCUT2D eigenvalue weighted by Crippen LogP contribution is 2.37. The van der Waals surface area contributed by atoms with Crippen molar-refractivity contribution in [3.8, 4) is 11.5 Å². The number of rotatable bonds is 9. The Bertz CT molecular complexity index is 1540. The fourth-order valence-electron chi connectivity index (χ4n) is 5.80. The molecule has 1 aromatic carbocycles. The van der Waals surface area contributed by atoms with Crippen LogP contribution in [-0.4, -0.2) is 53.3 Å². The molecule has 2 bridgehead atoms. The molecule has 0 radical (unpaired) electrons. The third-order valence-corrected chi connectivity index (χ3v) is 7.49. The van der Waals surface area contributed by atoms with Crippen LogP contribution in [0.15, 0.2) is 62.5 Å². The Morgan fingerprint density at radius 2 is 1.93 bits per heavy atom. The largest absolute Gasteiger partial charge is 0.502 e. The zero-order chi connectivity index (χ0) is 28.4. The maximum atomic E-state index is 12.9. The van der Waals surface area contributed by atoms with E-state index in [4.69, 9.17) is 19.6 Å². The molecule has 2 aliphatic heterocycles.